The maximum Gasteiger partial charge on any atom is 0.371 e. The maximum absolute atomic E-state index is 13.5. The summed E-state index contributed by atoms with van der Waals surface area (Å²) in [4.78, 5) is 32.2. The van der Waals surface area contributed by atoms with Crippen molar-refractivity contribution in [1.29, 1.82) is 0 Å². The molecular weight excluding hydrogens is 396 g/mol. The third-order valence-electron chi connectivity index (χ3n) is 4.49. The number of fused-ring (bicyclic) bond motifs is 1. The standard InChI is InChI=1S/C20H18N2O4S2/c1-10(2)17-21-18-16(15(11(3)28-18)14-5-4-8-27-14)19(23)22(17)9-12-6-7-13(26-12)20(24)25/h4-8,10H,9H2,1-3H3,(H,24,25). The monoisotopic (exact) mass is 414 g/mol. The number of furan rings is 1. The molecular formula is C20H18N2O4S2. The first kappa shape index (κ1) is 18.6. The van der Waals surface area contributed by atoms with Crippen LogP contribution in [0.4, 0.5) is 0 Å². The molecule has 8 heteroatoms. The van der Waals surface area contributed by atoms with Gasteiger partial charge in [-0.25, -0.2) is 9.78 Å². The highest BCUT2D eigenvalue weighted by atomic mass is 32.1. The number of aryl methyl sites for hydroxylation is 1. The lowest BCUT2D eigenvalue weighted by molar-refractivity contribution is 0.0660. The minimum Gasteiger partial charge on any atom is -0.475 e. The van der Waals surface area contributed by atoms with Crippen LogP contribution in [0.2, 0.25) is 0 Å². The minimum absolute atomic E-state index is 0.0265. The Bertz CT molecular complexity index is 1230. The highest BCUT2D eigenvalue weighted by Gasteiger charge is 2.22. The maximum atomic E-state index is 13.5. The molecule has 1 N–H and O–H groups in total. The Hall–Kier alpha value is -2.71. The largest absolute Gasteiger partial charge is 0.475 e. The van der Waals surface area contributed by atoms with Gasteiger partial charge >= 0.3 is 5.97 Å². The predicted molar refractivity (Wildman–Crippen MR) is 111 cm³/mol. The molecule has 4 heterocycles. The number of hydrogen-bond acceptors (Lipinski definition) is 6. The molecule has 0 atom stereocenters. The molecule has 0 aliphatic heterocycles. The number of nitrogens with zero attached hydrogens (tertiary/aromatic N) is 2. The molecule has 0 aromatic carbocycles. The Morgan fingerprint density at radius 1 is 1.32 bits per heavy atom. The van der Waals surface area contributed by atoms with Gasteiger partial charge in [-0.3, -0.25) is 9.36 Å². The zero-order chi connectivity index (χ0) is 20.0. The fourth-order valence-corrected chi connectivity index (χ4v) is 5.19. The molecule has 0 aliphatic rings. The minimum atomic E-state index is -1.13. The van der Waals surface area contributed by atoms with E-state index >= 15 is 0 Å². The molecule has 0 fully saturated rings. The van der Waals surface area contributed by atoms with Gasteiger partial charge in [0.2, 0.25) is 5.76 Å². The molecule has 6 nitrogen and oxygen atoms in total. The summed E-state index contributed by atoms with van der Waals surface area (Å²) in [5.41, 5.74) is 0.803. The lowest BCUT2D eigenvalue weighted by Gasteiger charge is -2.14. The first-order valence-corrected chi connectivity index (χ1v) is 10.5. The Balaban J connectivity index is 1.94. The van der Waals surface area contributed by atoms with Gasteiger partial charge in [-0.15, -0.1) is 22.7 Å². The van der Waals surface area contributed by atoms with Crippen molar-refractivity contribution in [3.05, 3.63) is 62.2 Å². The summed E-state index contributed by atoms with van der Waals surface area (Å²) in [5, 5.41) is 11.7. The Morgan fingerprint density at radius 2 is 2.11 bits per heavy atom. The van der Waals surface area contributed by atoms with Gasteiger partial charge in [-0.2, -0.15) is 0 Å². The van der Waals surface area contributed by atoms with E-state index in [9.17, 15) is 9.59 Å². The van der Waals surface area contributed by atoms with Crippen LogP contribution in [0.15, 0.2) is 38.9 Å². The quantitative estimate of drug-likeness (QED) is 0.499. The summed E-state index contributed by atoms with van der Waals surface area (Å²) in [7, 11) is 0. The number of aromatic nitrogens is 2. The van der Waals surface area contributed by atoms with Crippen molar-refractivity contribution in [1.82, 2.24) is 9.55 Å². The highest BCUT2D eigenvalue weighted by molar-refractivity contribution is 7.20. The summed E-state index contributed by atoms with van der Waals surface area (Å²) in [6.07, 6.45) is 0. The number of thiophene rings is 2. The fraction of sp³-hybridized carbons (Fsp3) is 0.250. The van der Waals surface area contributed by atoms with Crippen LogP contribution in [-0.4, -0.2) is 20.6 Å². The number of carboxylic acid groups (broad SMARTS) is 1. The van der Waals surface area contributed by atoms with Gasteiger partial charge in [0.25, 0.3) is 5.56 Å². The van der Waals surface area contributed by atoms with E-state index in [1.165, 1.54) is 17.4 Å². The summed E-state index contributed by atoms with van der Waals surface area (Å²) in [6, 6.07) is 6.96. The van der Waals surface area contributed by atoms with Crippen molar-refractivity contribution < 1.29 is 14.3 Å². The molecule has 4 aromatic heterocycles. The van der Waals surface area contributed by atoms with Gasteiger partial charge < -0.3 is 9.52 Å². The van der Waals surface area contributed by atoms with Gasteiger partial charge in [-0.05, 0) is 30.5 Å². The van der Waals surface area contributed by atoms with Crippen LogP contribution in [0.1, 0.15) is 46.8 Å². The summed E-state index contributed by atoms with van der Waals surface area (Å²) >= 11 is 3.12. The first-order valence-electron chi connectivity index (χ1n) is 8.76. The fourth-order valence-electron chi connectivity index (χ4n) is 3.26. The summed E-state index contributed by atoms with van der Waals surface area (Å²) < 4.78 is 6.97. The third-order valence-corrected chi connectivity index (χ3v) is 6.37. The predicted octanol–water partition coefficient (Wildman–Crippen LogP) is 4.96. The zero-order valence-corrected chi connectivity index (χ0v) is 17.2. The third kappa shape index (κ3) is 3.08. The van der Waals surface area contributed by atoms with Crippen molar-refractivity contribution in [3.63, 3.8) is 0 Å². The van der Waals surface area contributed by atoms with Gasteiger partial charge in [0, 0.05) is 21.2 Å². The molecule has 0 amide bonds. The highest BCUT2D eigenvalue weighted by Crippen LogP contribution is 2.38. The van der Waals surface area contributed by atoms with Crippen LogP contribution in [0.3, 0.4) is 0 Å². The SMILES string of the molecule is Cc1sc2nc(C(C)C)n(Cc3ccc(C(=O)O)o3)c(=O)c2c1-c1cccs1. The average Bonchev–Trinajstić information content (AvgIpc) is 3.36. The van der Waals surface area contributed by atoms with Crippen molar-refractivity contribution in [2.24, 2.45) is 0 Å². The second kappa shape index (κ2) is 7.03. The number of carboxylic acids is 1. The molecule has 0 radical (unpaired) electrons. The van der Waals surface area contributed by atoms with Gasteiger partial charge in [-0.1, -0.05) is 19.9 Å². The Morgan fingerprint density at radius 3 is 2.71 bits per heavy atom. The van der Waals surface area contributed by atoms with Crippen LogP contribution >= 0.6 is 22.7 Å². The molecule has 4 aromatic rings. The van der Waals surface area contributed by atoms with Crippen molar-refractivity contribution in [3.8, 4) is 10.4 Å². The van der Waals surface area contributed by atoms with Crippen molar-refractivity contribution >= 4 is 38.9 Å². The van der Waals surface area contributed by atoms with Crippen LogP contribution in [0, 0.1) is 6.92 Å². The zero-order valence-electron chi connectivity index (χ0n) is 15.6. The van der Waals surface area contributed by atoms with E-state index in [2.05, 4.69) is 0 Å². The lowest BCUT2D eigenvalue weighted by atomic mass is 10.1. The molecule has 4 rings (SSSR count). The summed E-state index contributed by atoms with van der Waals surface area (Å²) in [6.45, 7) is 6.11. The van der Waals surface area contributed by atoms with Crippen molar-refractivity contribution in [2.45, 2.75) is 33.2 Å². The van der Waals surface area contributed by atoms with E-state index in [1.807, 2.05) is 38.3 Å². The van der Waals surface area contributed by atoms with E-state index in [4.69, 9.17) is 14.5 Å². The number of rotatable bonds is 5. The number of carbonyl (C=O) groups is 1. The average molecular weight is 415 g/mol. The first-order chi connectivity index (χ1) is 13.4. The molecule has 28 heavy (non-hydrogen) atoms. The van der Waals surface area contributed by atoms with E-state index < -0.39 is 5.97 Å². The summed E-state index contributed by atoms with van der Waals surface area (Å²) in [5.74, 6) is -0.186. The molecule has 0 saturated heterocycles. The Kier molecular flexibility index (Phi) is 4.68. The van der Waals surface area contributed by atoms with E-state index in [1.54, 1.807) is 22.0 Å². The second-order valence-corrected chi connectivity index (χ2v) is 8.93. The molecule has 144 valence electrons. The van der Waals surface area contributed by atoms with Crippen LogP contribution in [0.25, 0.3) is 20.7 Å². The smallest absolute Gasteiger partial charge is 0.371 e. The van der Waals surface area contributed by atoms with E-state index in [-0.39, 0.29) is 23.8 Å². The lowest BCUT2D eigenvalue weighted by Crippen LogP contribution is -2.26. The Labute approximate surface area is 168 Å². The van der Waals surface area contributed by atoms with Gasteiger partial charge in [0.1, 0.15) is 16.4 Å². The van der Waals surface area contributed by atoms with E-state index in [0.29, 0.717) is 17.0 Å². The molecule has 0 spiro atoms. The normalized spacial score (nSPS) is 11.6. The second-order valence-electron chi connectivity index (χ2n) is 6.78. The molecule has 0 bridgehead atoms. The molecule has 0 saturated carbocycles. The van der Waals surface area contributed by atoms with Crippen LogP contribution in [0.5, 0.6) is 0 Å². The number of hydrogen-bond donors (Lipinski definition) is 1. The van der Waals surface area contributed by atoms with Gasteiger partial charge in [0.05, 0.1) is 11.9 Å². The topological polar surface area (TPSA) is 85.3 Å². The molecule has 0 aliphatic carbocycles. The molecule has 0 unspecified atom stereocenters. The van der Waals surface area contributed by atoms with Crippen molar-refractivity contribution in [2.75, 3.05) is 0 Å². The van der Waals surface area contributed by atoms with Crippen LogP contribution in [-0.2, 0) is 6.54 Å². The van der Waals surface area contributed by atoms with E-state index in [0.717, 1.165) is 20.1 Å². The van der Waals surface area contributed by atoms with Gasteiger partial charge in [0.15, 0.2) is 0 Å². The van der Waals surface area contributed by atoms with Crippen LogP contribution < -0.4 is 5.56 Å². The number of aromatic carboxylic acids is 1.